The molecule has 3 heterocycles. The second-order valence-electron chi connectivity index (χ2n) is 23.9. The highest BCUT2D eigenvalue weighted by molar-refractivity contribution is 5.96. The molecule has 2 aromatic rings. The summed E-state index contributed by atoms with van der Waals surface area (Å²) in [5, 5.41) is 0. The minimum absolute atomic E-state index is 0.00252. The Balaban J connectivity index is 1.44. The first-order chi connectivity index (χ1) is 37.5. The highest BCUT2D eigenvalue weighted by Crippen LogP contribution is 2.44. The topological polar surface area (TPSA) is 205 Å². The first-order valence-electron chi connectivity index (χ1n) is 28.1. The van der Waals surface area contributed by atoms with Gasteiger partial charge in [-0.3, -0.25) is 19.2 Å². The molecule has 4 fully saturated rings. The van der Waals surface area contributed by atoms with Crippen molar-refractivity contribution in [3.63, 3.8) is 0 Å². The summed E-state index contributed by atoms with van der Waals surface area (Å²) >= 11 is 0. The third-order valence-electron chi connectivity index (χ3n) is 16.0. The molecule has 6 rings (SSSR count). The second-order valence-corrected chi connectivity index (χ2v) is 23.9. The van der Waals surface area contributed by atoms with Gasteiger partial charge in [-0.15, -0.1) is 0 Å². The molecule has 0 aromatic heterocycles. The van der Waals surface area contributed by atoms with E-state index in [0.717, 1.165) is 30.7 Å². The molecule has 1 saturated carbocycles. The third kappa shape index (κ3) is 15.9. The molecular weight excluding hydrogens is 1040 g/mol. The Morgan fingerprint density at radius 2 is 0.912 bits per heavy atom. The van der Waals surface area contributed by atoms with Gasteiger partial charge in [0.25, 0.3) is 23.6 Å². The number of rotatable bonds is 12. The van der Waals surface area contributed by atoms with Gasteiger partial charge < -0.3 is 48.0 Å². The summed E-state index contributed by atoms with van der Waals surface area (Å²) in [5.41, 5.74) is -2.77. The fourth-order valence-corrected chi connectivity index (χ4v) is 11.1. The number of ether oxygens (including phenoxy) is 6. The summed E-state index contributed by atoms with van der Waals surface area (Å²) in [5.74, 6) is -8.06. The van der Waals surface area contributed by atoms with Gasteiger partial charge in [-0.1, -0.05) is 62.4 Å². The first kappa shape index (κ1) is 63.2. The number of esters is 4. The Kier molecular flexibility index (Phi) is 21.1. The van der Waals surface area contributed by atoms with Crippen LogP contribution in [0.25, 0.3) is 0 Å². The fraction of sp³-hybridized carbons (Fsp3) is 0.667. The molecule has 1 spiro atoms. The zero-order chi connectivity index (χ0) is 59.0. The minimum Gasteiger partial charge on any atom is -0.451 e. The molecule has 4 aliphatic rings. The van der Waals surface area contributed by atoms with E-state index in [4.69, 9.17) is 28.4 Å². The molecule has 20 heteroatoms. The molecule has 7 atom stereocenters. The largest absolute Gasteiger partial charge is 0.451 e. The zero-order valence-electron chi connectivity index (χ0n) is 48.8. The second kappa shape index (κ2) is 26.7. The van der Waals surface area contributed by atoms with Crippen LogP contribution in [0.15, 0.2) is 48.5 Å². The van der Waals surface area contributed by atoms with Gasteiger partial charge in [0.1, 0.15) is 35.0 Å². The van der Waals surface area contributed by atoms with Crippen LogP contribution in [0.4, 0.5) is 8.78 Å². The van der Waals surface area contributed by atoms with Gasteiger partial charge in [0.05, 0.1) is 0 Å². The van der Waals surface area contributed by atoms with Gasteiger partial charge in [0.2, 0.25) is 0 Å². The first-order valence-corrected chi connectivity index (χ1v) is 28.1. The van der Waals surface area contributed by atoms with Crippen LogP contribution < -0.4 is 0 Å². The van der Waals surface area contributed by atoms with E-state index in [1.807, 2.05) is 24.3 Å². The summed E-state index contributed by atoms with van der Waals surface area (Å²) < 4.78 is 67.0. The van der Waals surface area contributed by atoms with Crippen LogP contribution in [0.5, 0.6) is 0 Å². The molecule has 3 aliphatic heterocycles. The van der Waals surface area contributed by atoms with Crippen LogP contribution in [0.3, 0.4) is 0 Å². The number of likely N-dealkylation sites (N-methyl/N-ethyl adjacent to an activating group) is 4. The molecule has 1 aliphatic carbocycles. The highest BCUT2D eigenvalue weighted by atomic mass is 19.1. The van der Waals surface area contributed by atoms with E-state index in [9.17, 15) is 28.8 Å². The van der Waals surface area contributed by atoms with E-state index in [2.05, 4.69) is 0 Å². The van der Waals surface area contributed by atoms with Gasteiger partial charge in [-0.25, -0.2) is 28.0 Å². The van der Waals surface area contributed by atoms with Crippen LogP contribution in [-0.2, 0) is 79.6 Å². The number of hydrogen-bond acceptors (Lipinski definition) is 14. The Labute approximate surface area is 469 Å². The lowest BCUT2D eigenvalue weighted by Crippen LogP contribution is -2.55. The summed E-state index contributed by atoms with van der Waals surface area (Å²) in [7, 11) is 5.13. The zero-order valence-corrected chi connectivity index (χ0v) is 48.8. The van der Waals surface area contributed by atoms with E-state index in [1.54, 1.807) is 38.1 Å². The number of carbonyl (C=O) groups excluding carboxylic acids is 8. The van der Waals surface area contributed by atoms with Gasteiger partial charge in [-0.2, -0.15) is 0 Å². The fourth-order valence-electron chi connectivity index (χ4n) is 11.1. The maximum absolute atomic E-state index is 15.9. The lowest BCUT2D eigenvalue weighted by molar-refractivity contribution is -0.177. The SMILES string of the molecule is CC(C)C[C@H]1C(=O)O[C@H](C)C(=O)N(C)[C@@H](CC(C)(C)F)C(=O)O[C@H](Cc2ccccc2C2CCOCC2)C(=O)N(C)C2(CC2)C(=O)O[C@H](C)C(=O)N(C)[C@@H](CC(C)(C)F)C(=O)O[C@H](Cc2ccccc2C2CCOCC2)C(=O)N1C. The lowest BCUT2D eigenvalue weighted by Gasteiger charge is -2.36. The highest BCUT2D eigenvalue weighted by Gasteiger charge is 2.58. The van der Waals surface area contributed by atoms with E-state index in [0.29, 0.717) is 63.2 Å². The van der Waals surface area contributed by atoms with Crippen molar-refractivity contribution in [2.24, 2.45) is 5.92 Å². The lowest BCUT2D eigenvalue weighted by atomic mass is 9.86. The predicted octanol–water partition coefficient (Wildman–Crippen LogP) is 6.75. The number of hydrogen-bond donors (Lipinski definition) is 0. The molecule has 0 unspecified atom stereocenters. The van der Waals surface area contributed by atoms with E-state index < -0.39 is 120 Å². The van der Waals surface area contributed by atoms with Crippen molar-refractivity contribution in [1.82, 2.24) is 19.6 Å². The number of benzene rings is 2. The molecule has 0 bridgehead atoms. The van der Waals surface area contributed by atoms with Crippen molar-refractivity contribution in [2.45, 2.75) is 197 Å². The molecule has 0 N–H and O–H groups in total. The smallest absolute Gasteiger partial charge is 0.332 e. The van der Waals surface area contributed by atoms with Crippen molar-refractivity contribution in [3.8, 4) is 0 Å². The van der Waals surface area contributed by atoms with Gasteiger partial charge in [0, 0.05) is 80.3 Å². The quantitative estimate of drug-likeness (QED) is 0.159. The monoisotopic (exact) mass is 1120 g/mol. The summed E-state index contributed by atoms with van der Waals surface area (Å²) in [6.45, 7) is 13.0. The summed E-state index contributed by atoms with van der Waals surface area (Å²) in [6.07, 6.45) is -5.31. The average molecular weight is 1120 g/mol. The number of amides is 4. The molecule has 18 nitrogen and oxygen atoms in total. The van der Waals surface area contributed by atoms with Crippen LogP contribution >= 0.6 is 0 Å². The van der Waals surface area contributed by atoms with Crippen molar-refractivity contribution in [1.29, 1.82) is 0 Å². The molecule has 2 aromatic carbocycles. The third-order valence-corrected chi connectivity index (χ3v) is 16.0. The van der Waals surface area contributed by atoms with Crippen molar-refractivity contribution in [3.05, 3.63) is 70.8 Å². The van der Waals surface area contributed by atoms with Crippen molar-refractivity contribution >= 4 is 47.5 Å². The van der Waals surface area contributed by atoms with E-state index in [1.165, 1.54) is 69.7 Å². The Bertz CT molecular complexity index is 2530. The number of alkyl halides is 2. The van der Waals surface area contributed by atoms with Crippen LogP contribution in [0.1, 0.15) is 147 Å². The average Bonchev–Trinajstić information content (AvgIpc) is 4.42. The summed E-state index contributed by atoms with van der Waals surface area (Å²) in [6, 6.07) is 9.93. The summed E-state index contributed by atoms with van der Waals surface area (Å²) in [4.78, 5) is 122. The maximum atomic E-state index is 15.9. The van der Waals surface area contributed by atoms with Gasteiger partial charge in [-0.05, 0) is 126 Å². The molecular formula is C60H84F2N4O14. The Hall–Kier alpha value is -6.02. The molecule has 442 valence electrons. The number of halogens is 2. The Morgan fingerprint density at radius 3 is 1.31 bits per heavy atom. The Morgan fingerprint density at radius 1 is 0.537 bits per heavy atom. The molecule has 80 heavy (non-hydrogen) atoms. The maximum Gasteiger partial charge on any atom is 0.332 e. The molecule has 0 radical (unpaired) electrons. The van der Waals surface area contributed by atoms with Crippen molar-refractivity contribution < 1.29 is 75.6 Å². The normalized spacial score (nSPS) is 26.5. The number of carbonyl (C=O) groups is 8. The standard InChI is InChI=1S/C60H84F2N4O14/c1-36(2)31-45-54(71)77-37(3)50(67)64(10)47(35-59(7,8)62)56(73)80-49(33-42-18-14-16-20-44(42)40-23-29-76-30-24-40)53(70)66(12)60(25-26-60)57(74)78-38(4)51(68)65(11)46(34-58(5,6)61)55(72)79-48(52(69)63(45)9)32-41-17-13-15-19-43(41)39-21-27-75-28-22-39/h13-20,36-40,45-49H,21-35H2,1-12H3/t37-,38-,45+,46+,47+,48-,49-/m1/s1. The van der Waals surface area contributed by atoms with E-state index in [-0.39, 0.29) is 49.9 Å². The van der Waals surface area contributed by atoms with Crippen LogP contribution in [0, 0.1) is 5.92 Å². The number of nitrogens with zero attached hydrogens (tertiary/aromatic N) is 4. The molecule has 3 saturated heterocycles. The van der Waals surface area contributed by atoms with Crippen LogP contribution in [-0.4, -0.2) is 181 Å². The van der Waals surface area contributed by atoms with E-state index >= 15 is 18.4 Å². The van der Waals surface area contributed by atoms with Gasteiger partial charge in [0.15, 0.2) is 24.4 Å². The minimum atomic E-state index is -2.10. The molecule has 4 amide bonds. The predicted molar refractivity (Wildman–Crippen MR) is 290 cm³/mol. The van der Waals surface area contributed by atoms with Gasteiger partial charge >= 0.3 is 23.9 Å². The van der Waals surface area contributed by atoms with Crippen molar-refractivity contribution in [2.75, 3.05) is 54.6 Å². The van der Waals surface area contributed by atoms with Crippen LogP contribution in [0.2, 0.25) is 0 Å². The number of cyclic esters (lactones) is 4.